The Bertz CT molecular complexity index is 803. The van der Waals surface area contributed by atoms with Crippen LogP contribution in [0.3, 0.4) is 0 Å². The summed E-state index contributed by atoms with van der Waals surface area (Å²) in [5.41, 5.74) is 3.01. The molecule has 1 aliphatic heterocycles. The Morgan fingerprint density at radius 3 is 2.81 bits per heavy atom. The van der Waals surface area contributed by atoms with Gasteiger partial charge in [-0.1, -0.05) is 30.3 Å². The van der Waals surface area contributed by atoms with Gasteiger partial charge in [0.25, 0.3) is 0 Å². The van der Waals surface area contributed by atoms with Crippen LogP contribution in [0.2, 0.25) is 0 Å². The first-order valence-corrected chi connectivity index (χ1v) is 8.85. The van der Waals surface area contributed by atoms with Gasteiger partial charge in [-0.3, -0.25) is 9.59 Å². The van der Waals surface area contributed by atoms with Crippen LogP contribution in [-0.4, -0.2) is 32.0 Å². The Kier molecular flexibility index (Phi) is 5.56. The van der Waals surface area contributed by atoms with Crippen molar-refractivity contribution in [1.82, 2.24) is 5.32 Å². The van der Waals surface area contributed by atoms with E-state index in [1.54, 1.807) is 12.0 Å². The maximum absolute atomic E-state index is 12.5. The summed E-state index contributed by atoms with van der Waals surface area (Å²) < 4.78 is 5.33. The molecular weight excluding hydrogens is 328 g/mol. The quantitative estimate of drug-likeness (QED) is 0.870. The summed E-state index contributed by atoms with van der Waals surface area (Å²) in [5.74, 6) is 0.452. The predicted octanol–water partition coefficient (Wildman–Crippen LogP) is 2.72. The highest BCUT2D eigenvalue weighted by Crippen LogP contribution is 2.26. The summed E-state index contributed by atoms with van der Waals surface area (Å²) in [6.07, 6.45) is 0.951. The maximum atomic E-state index is 12.5. The lowest BCUT2D eigenvalue weighted by molar-refractivity contribution is -0.126. The zero-order valence-electron chi connectivity index (χ0n) is 15.2. The van der Waals surface area contributed by atoms with E-state index >= 15 is 0 Å². The highest BCUT2D eigenvalue weighted by Gasteiger charge is 2.34. The maximum Gasteiger partial charge on any atom is 0.227 e. The highest BCUT2D eigenvalue weighted by molar-refractivity contribution is 6.00. The van der Waals surface area contributed by atoms with E-state index in [2.05, 4.69) is 5.32 Å². The summed E-state index contributed by atoms with van der Waals surface area (Å²) in [6, 6.07) is 15.6. The molecule has 0 aliphatic carbocycles. The molecule has 26 heavy (non-hydrogen) atoms. The Morgan fingerprint density at radius 1 is 1.23 bits per heavy atom. The lowest BCUT2D eigenvalue weighted by atomic mass is 10.1. The monoisotopic (exact) mass is 352 g/mol. The van der Waals surface area contributed by atoms with Crippen molar-refractivity contribution >= 4 is 17.5 Å². The SMILES string of the molecule is COc1ccccc1CCNC(=O)C1CC(=O)N(c2cccc(C)c2)C1. The van der Waals surface area contributed by atoms with Gasteiger partial charge in [0.15, 0.2) is 0 Å². The third kappa shape index (κ3) is 4.04. The summed E-state index contributed by atoms with van der Waals surface area (Å²) in [6.45, 7) is 2.95. The van der Waals surface area contributed by atoms with Gasteiger partial charge in [0.1, 0.15) is 5.75 Å². The number of anilines is 1. The number of para-hydroxylation sites is 1. The predicted molar refractivity (Wildman–Crippen MR) is 101 cm³/mol. The summed E-state index contributed by atoms with van der Waals surface area (Å²) in [5, 5.41) is 2.95. The van der Waals surface area contributed by atoms with Crippen LogP contribution >= 0.6 is 0 Å². The standard InChI is InChI=1S/C21H24N2O3/c1-15-6-5-8-18(12-15)23-14-17(13-20(23)24)21(25)22-11-10-16-7-3-4-9-19(16)26-2/h3-9,12,17H,10-11,13-14H2,1-2H3,(H,22,25). The minimum Gasteiger partial charge on any atom is -0.496 e. The van der Waals surface area contributed by atoms with E-state index in [4.69, 9.17) is 4.74 Å². The lowest BCUT2D eigenvalue weighted by Gasteiger charge is -2.17. The molecule has 0 bridgehead atoms. The Balaban J connectivity index is 1.55. The second-order valence-corrected chi connectivity index (χ2v) is 6.60. The van der Waals surface area contributed by atoms with Gasteiger partial charge < -0.3 is 15.0 Å². The smallest absolute Gasteiger partial charge is 0.227 e. The molecule has 5 nitrogen and oxygen atoms in total. The molecule has 3 rings (SSSR count). The summed E-state index contributed by atoms with van der Waals surface area (Å²) in [7, 11) is 1.64. The van der Waals surface area contributed by atoms with Crippen molar-refractivity contribution in [1.29, 1.82) is 0 Å². The molecular formula is C21H24N2O3. The van der Waals surface area contributed by atoms with Gasteiger partial charge >= 0.3 is 0 Å². The topological polar surface area (TPSA) is 58.6 Å². The van der Waals surface area contributed by atoms with Crippen LogP contribution in [0.4, 0.5) is 5.69 Å². The largest absolute Gasteiger partial charge is 0.496 e. The van der Waals surface area contributed by atoms with Crippen LogP contribution in [0.5, 0.6) is 5.75 Å². The van der Waals surface area contributed by atoms with Gasteiger partial charge in [0, 0.05) is 25.2 Å². The fourth-order valence-corrected chi connectivity index (χ4v) is 3.30. The van der Waals surface area contributed by atoms with Gasteiger partial charge in [0.2, 0.25) is 11.8 Å². The first-order chi connectivity index (χ1) is 12.6. The van der Waals surface area contributed by atoms with Crippen molar-refractivity contribution in [2.75, 3.05) is 25.1 Å². The van der Waals surface area contributed by atoms with Crippen molar-refractivity contribution in [2.24, 2.45) is 5.92 Å². The number of aryl methyl sites for hydroxylation is 1. The van der Waals surface area contributed by atoms with Crippen LogP contribution in [0.1, 0.15) is 17.5 Å². The minimum absolute atomic E-state index is 0.000443. The third-order valence-electron chi connectivity index (χ3n) is 4.70. The molecule has 1 unspecified atom stereocenters. The van der Waals surface area contributed by atoms with E-state index < -0.39 is 0 Å². The van der Waals surface area contributed by atoms with E-state index in [-0.39, 0.29) is 24.2 Å². The number of nitrogens with zero attached hydrogens (tertiary/aromatic N) is 1. The number of nitrogens with one attached hydrogen (secondary N) is 1. The molecule has 1 aliphatic rings. The van der Waals surface area contributed by atoms with E-state index in [9.17, 15) is 9.59 Å². The first-order valence-electron chi connectivity index (χ1n) is 8.85. The molecule has 1 atom stereocenters. The number of carbonyl (C=O) groups is 2. The molecule has 0 saturated carbocycles. The molecule has 1 heterocycles. The zero-order valence-corrected chi connectivity index (χ0v) is 15.2. The van der Waals surface area contributed by atoms with Crippen molar-refractivity contribution in [2.45, 2.75) is 19.8 Å². The van der Waals surface area contributed by atoms with Crippen LogP contribution in [0, 0.1) is 12.8 Å². The van der Waals surface area contributed by atoms with Gasteiger partial charge in [-0.25, -0.2) is 0 Å². The van der Waals surface area contributed by atoms with Gasteiger partial charge in [-0.05, 0) is 42.7 Å². The molecule has 2 aromatic rings. The molecule has 0 aromatic heterocycles. The van der Waals surface area contributed by atoms with Crippen molar-refractivity contribution < 1.29 is 14.3 Å². The van der Waals surface area contributed by atoms with Crippen molar-refractivity contribution in [3.8, 4) is 5.75 Å². The lowest BCUT2D eigenvalue weighted by Crippen LogP contribution is -2.34. The summed E-state index contributed by atoms with van der Waals surface area (Å²) >= 11 is 0. The van der Waals surface area contributed by atoms with E-state index in [1.807, 2.05) is 55.5 Å². The molecule has 2 aromatic carbocycles. The number of amides is 2. The Labute approximate surface area is 154 Å². The number of hydrogen-bond donors (Lipinski definition) is 1. The number of methoxy groups -OCH3 is 1. The normalized spacial score (nSPS) is 16.6. The number of ether oxygens (including phenoxy) is 1. The average Bonchev–Trinajstić information content (AvgIpc) is 3.04. The van der Waals surface area contributed by atoms with Crippen LogP contribution in [0.25, 0.3) is 0 Å². The van der Waals surface area contributed by atoms with Crippen LogP contribution in [-0.2, 0) is 16.0 Å². The fraction of sp³-hybridized carbons (Fsp3) is 0.333. The molecule has 1 saturated heterocycles. The van der Waals surface area contributed by atoms with Crippen molar-refractivity contribution in [3.05, 3.63) is 59.7 Å². The zero-order chi connectivity index (χ0) is 18.5. The van der Waals surface area contributed by atoms with Gasteiger partial charge in [0.05, 0.1) is 13.0 Å². The third-order valence-corrected chi connectivity index (χ3v) is 4.70. The van der Waals surface area contributed by atoms with E-state index in [0.29, 0.717) is 19.5 Å². The average molecular weight is 352 g/mol. The number of rotatable bonds is 6. The van der Waals surface area contributed by atoms with Gasteiger partial charge in [-0.15, -0.1) is 0 Å². The molecule has 2 amide bonds. The van der Waals surface area contributed by atoms with Gasteiger partial charge in [-0.2, -0.15) is 0 Å². The van der Waals surface area contributed by atoms with Crippen LogP contribution in [0.15, 0.2) is 48.5 Å². The molecule has 5 heteroatoms. The fourth-order valence-electron chi connectivity index (χ4n) is 3.30. The summed E-state index contributed by atoms with van der Waals surface area (Å²) in [4.78, 5) is 26.5. The van der Waals surface area contributed by atoms with Crippen molar-refractivity contribution in [3.63, 3.8) is 0 Å². The van der Waals surface area contributed by atoms with Crippen LogP contribution < -0.4 is 15.0 Å². The number of hydrogen-bond acceptors (Lipinski definition) is 3. The minimum atomic E-state index is -0.305. The number of carbonyl (C=O) groups excluding carboxylic acids is 2. The molecule has 0 radical (unpaired) electrons. The first kappa shape index (κ1) is 18.0. The Hall–Kier alpha value is -2.82. The molecule has 136 valence electrons. The Morgan fingerprint density at radius 2 is 2.04 bits per heavy atom. The van der Waals surface area contributed by atoms with E-state index in [0.717, 1.165) is 22.6 Å². The molecule has 1 fully saturated rings. The molecule has 0 spiro atoms. The second kappa shape index (κ2) is 8.04. The molecule has 1 N–H and O–H groups in total. The number of benzene rings is 2. The second-order valence-electron chi connectivity index (χ2n) is 6.60. The highest BCUT2D eigenvalue weighted by atomic mass is 16.5. The van der Waals surface area contributed by atoms with E-state index in [1.165, 1.54) is 0 Å².